The van der Waals surface area contributed by atoms with Crippen molar-refractivity contribution in [3.8, 4) is 0 Å². The second-order valence-corrected chi connectivity index (χ2v) is 2.87. The zero-order valence-electron chi connectivity index (χ0n) is 7.41. The number of hydrogen-bond acceptors (Lipinski definition) is 2. The van der Waals surface area contributed by atoms with Crippen molar-refractivity contribution in [3.05, 3.63) is 23.1 Å². The van der Waals surface area contributed by atoms with Crippen LogP contribution in [0.15, 0.2) is 17.1 Å². The minimum atomic E-state index is 0. The summed E-state index contributed by atoms with van der Waals surface area (Å²) in [5.74, 6) is 0.753. The van der Waals surface area contributed by atoms with E-state index < -0.39 is 0 Å². The summed E-state index contributed by atoms with van der Waals surface area (Å²) in [6.45, 7) is 2.80. The van der Waals surface area contributed by atoms with Gasteiger partial charge in [-0.25, -0.2) is 6.08 Å². The van der Waals surface area contributed by atoms with Crippen molar-refractivity contribution in [2.75, 3.05) is 12.5 Å². The van der Waals surface area contributed by atoms with Crippen LogP contribution in [0.1, 0.15) is 13.3 Å². The Bertz CT molecular complexity index is 162. The first-order chi connectivity index (χ1) is 4.93. The summed E-state index contributed by atoms with van der Waals surface area (Å²) in [6, 6.07) is 0. The molecule has 0 atom stereocenters. The second kappa shape index (κ2) is 13.1. The first kappa shape index (κ1) is 19.6. The number of hydrogen-bond donors (Lipinski definition) is 0. The van der Waals surface area contributed by atoms with Gasteiger partial charge in [0, 0.05) is 28.3 Å². The summed E-state index contributed by atoms with van der Waals surface area (Å²) in [4.78, 5) is 1.22. The predicted molar refractivity (Wildman–Crippen MR) is 59.1 cm³/mol. The van der Waals surface area contributed by atoms with Crippen LogP contribution in [0.4, 0.5) is 0 Å². The Hall–Kier alpha value is 1.08. The minimum Gasteiger partial charge on any atom is -0.371 e. The van der Waals surface area contributed by atoms with Crippen LogP contribution in [0, 0.1) is 6.08 Å². The van der Waals surface area contributed by atoms with E-state index in [1.54, 1.807) is 11.8 Å². The normalized spacial score (nSPS) is 12.2. The van der Waals surface area contributed by atoms with Gasteiger partial charge in [0.25, 0.3) is 0 Å². The molecule has 0 saturated heterocycles. The number of thioether (sulfide) groups is 1. The summed E-state index contributed by atoms with van der Waals surface area (Å²) in [5, 5.41) is 0. The maximum absolute atomic E-state index is 5.16. The molecule has 0 aromatic heterocycles. The molecule has 0 saturated carbocycles. The molecule has 0 bridgehead atoms. The third-order valence-electron chi connectivity index (χ3n) is 1.17. The Morgan fingerprint density at radius 3 is 2.69 bits per heavy atom. The van der Waals surface area contributed by atoms with E-state index in [1.807, 2.05) is 6.92 Å². The van der Waals surface area contributed by atoms with Gasteiger partial charge >= 0.3 is 0 Å². The molecule has 1 rings (SSSR count). The van der Waals surface area contributed by atoms with Crippen LogP contribution in [0.25, 0.3) is 0 Å². The largest absolute Gasteiger partial charge is 0.371 e. The summed E-state index contributed by atoms with van der Waals surface area (Å²) < 4.78 is 5.16. The summed E-state index contributed by atoms with van der Waals surface area (Å²) >= 11 is 1.71. The van der Waals surface area contributed by atoms with Crippen molar-refractivity contribution >= 4 is 36.6 Å². The van der Waals surface area contributed by atoms with Gasteiger partial charge in [-0.1, -0.05) is 0 Å². The second-order valence-electron chi connectivity index (χ2n) is 1.90. The first-order valence-corrected chi connectivity index (χ1v) is 4.40. The predicted octanol–water partition coefficient (Wildman–Crippen LogP) is 3.20. The van der Waals surface area contributed by atoms with E-state index in [1.165, 1.54) is 4.91 Å². The SMILES string of the molecule is CCOCSC1=[C-]CC=C1.Cl.Cl.[Ti]. The molecule has 0 aromatic rings. The standard InChI is InChI=1S/C8H11OS.2ClH.Ti/c1-2-9-7-10-8-5-3-4-6-8;;;/h3,5H,2,4,7H2,1H3;2*1H;/q-1;;;. The maximum atomic E-state index is 5.16. The van der Waals surface area contributed by atoms with Gasteiger partial charge < -0.3 is 4.74 Å². The van der Waals surface area contributed by atoms with Crippen LogP contribution in [0.5, 0.6) is 0 Å². The molecule has 0 N–H and O–H groups in total. The molecule has 5 heteroatoms. The van der Waals surface area contributed by atoms with E-state index in [2.05, 4.69) is 18.2 Å². The van der Waals surface area contributed by atoms with Gasteiger partial charge in [0.15, 0.2) is 0 Å². The summed E-state index contributed by atoms with van der Waals surface area (Å²) in [5.41, 5.74) is 0. The van der Waals surface area contributed by atoms with Gasteiger partial charge in [0.1, 0.15) is 0 Å². The fourth-order valence-electron chi connectivity index (χ4n) is 0.672. The van der Waals surface area contributed by atoms with Crippen molar-refractivity contribution in [1.29, 1.82) is 0 Å². The first-order valence-electron chi connectivity index (χ1n) is 3.41. The Balaban J connectivity index is -0.000000333. The molecule has 1 nitrogen and oxygen atoms in total. The van der Waals surface area contributed by atoms with Gasteiger partial charge in [-0.05, 0) is 6.92 Å². The Kier molecular flexibility index (Phi) is 19.8. The third kappa shape index (κ3) is 9.39. The topological polar surface area (TPSA) is 9.23 Å². The molecule has 0 spiro atoms. The van der Waals surface area contributed by atoms with E-state index in [0.717, 1.165) is 19.0 Å². The number of ether oxygens (including phenoxy) is 1. The van der Waals surface area contributed by atoms with Crippen molar-refractivity contribution in [3.63, 3.8) is 0 Å². The average Bonchev–Trinajstić information content (AvgIpc) is 2.41. The number of allylic oxidation sites excluding steroid dienone is 3. The Morgan fingerprint density at radius 2 is 2.23 bits per heavy atom. The molecular formula is C8H13Cl2OSTi-. The Morgan fingerprint density at radius 1 is 1.54 bits per heavy atom. The van der Waals surface area contributed by atoms with Gasteiger partial charge in [-0.3, -0.25) is 6.08 Å². The minimum absolute atomic E-state index is 0. The van der Waals surface area contributed by atoms with Gasteiger partial charge in [0.05, 0.1) is 5.94 Å². The molecule has 0 amide bonds. The zero-order valence-corrected chi connectivity index (χ0v) is 11.4. The van der Waals surface area contributed by atoms with E-state index in [4.69, 9.17) is 4.74 Å². The van der Waals surface area contributed by atoms with Crippen molar-refractivity contribution in [2.45, 2.75) is 13.3 Å². The quantitative estimate of drug-likeness (QED) is 0.337. The molecular weight excluding hydrogens is 263 g/mol. The van der Waals surface area contributed by atoms with Gasteiger partial charge in [0.2, 0.25) is 0 Å². The molecule has 0 unspecified atom stereocenters. The fraction of sp³-hybridized carbons (Fsp3) is 0.500. The van der Waals surface area contributed by atoms with Crippen LogP contribution in [0.3, 0.4) is 0 Å². The van der Waals surface area contributed by atoms with Crippen LogP contribution < -0.4 is 0 Å². The molecule has 0 heterocycles. The van der Waals surface area contributed by atoms with Crippen LogP contribution in [-0.2, 0) is 26.5 Å². The molecule has 0 fully saturated rings. The van der Waals surface area contributed by atoms with E-state index >= 15 is 0 Å². The number of rotatable bonds is 4. The molecule has 0 radical (unpaired) electrons. The van der Waals surface area contributed by atoms with Crippen LogP contribution in [-0.4, -0.2) is 12.5 Å². The molecule has 76 valence electrons. The van der Waals surface area contributed by atoms with E-state index in [0.29, 0.717) is 0 Å². The molecule has 1 aliphatic carbocycles. The van der Waals surface area contributed by atoms with E-state index in [-0.39, 0.29) is 46.5 Å². The summed E-state index contributed by atoms with van der Waals surface area (Å²) in [6.07, 6.45) is 8.36. The molecule has 13 heavy (non-hydrogen) atoms. The summed E-state index contributed by atoms with van der Waals surface area (Å²) in [7, 11) is 0. The smallest absolute Gasteiger partial charge is 0.0936 e. The van der Waals surface area contributed by atoms with Gasteiger partial charge in [-0.2, -0.15) is 11.0 Å². The van der Waals surface area contributed by atoms with Gasteiger partial charge in [-0.15, -0.1) is 43.0 Å². The zero-order chi connectivity index (χ0) is 7.23. The van der Waals surface area contributed by atoms with Crippen LogP contribution in [0.2, 0.25) is 0 Å². The fourth-order valence-corrected chi connectivity index (χ4v) is 1.43. The maximum Gasteiger partial charge on any atom is 0.0936 e. The van der Waals surface area contributed by atoms with E-state index in [9.17, 15) is 0 Å². The average molecular weight is 276 g/mol. The van der Waals surface area contributed by atoms with Crippen molar-refractivity contribution in [1.82, 2.24) is 0 Å². The van der Waals surface area contributed by atoms with Crippen molar-refractivity contribution in [2.24, 2.45) is 0 Å². The van der Waals surface area contributed by atoms with Crippen LogP contribution >= 0.6 is 36.6 Å². The third-order valence-corrected chi connectivity index (χ3v) is 2.04. The molecule has 1 aliphatic rings. The Labute approximate surface area is 111 Å². The monoisotopic (exact) mass is 275 g/mol. The molecule has 0 aliphatic heterocycles. The number of halogens is 2. The van der Waals surface area contributed by atoms with Crippen molar-refractivity contribution < 1.29 is 26.5 Å². The molecule has 0 aromatic carbocycles.